The molecule has 0 aliphatic carbocycles. The SMILES string of the molecule is O=C(Cc1cccc(F)c1Cl)CC1OCCO1. The summed E-state index contributed by atoms with van der Waals surface area (Å²) < 4.78 is 23.5. The maximum Gasteiger partial charge on any atom is 0.164 e. The van der Waals surface area contributed by atoms with E-state index in [4.69, 9.17) is 21.1 Å². The van der Waals surface area contributed by atoms with Gasteiger partial charge in [-0.1, -0.05) is 23.7 Å². The summed E-state index contributed by atoms with van der Waals surface area (Å²) in [6.07, 6.45) is -0.193. The molecule has 0 saturated carbocycles. The second-order valence-electron chi connectivity index (χ2n) is 3.80. The van der Waals surface area contributed by atoms with E-state index in [1.165, 1.54) is 12.1 Å². The molecule has 1 saturated heterocycles. The predicted molar refractivity (Wildman–Crippen MR) is 60.4 cm³/mol. The van der Waals surface area contributed by atoms with Crippen molar-refractivity contribution in [2.75, 3.05) is 13.2 Å². The molecule has 1 aliphatic heterocycles. The molecule has 1 heterocycles. The molecule has 5 heteroatoms. The zero-order valence-corrected chi connectivity index (χ0v) is 9.87. The number of rotatable bonds is 4. The highest BCUT2D eigenvalue weighted by atomic mass is 35.5. The van der Waals surface area contributed by atoms with Gasteiger partial charge in [0, 0.05) is 6.42 Å². The Bertz CT molecular complexity index is 416. The van der Waals surface area contributed by atoms with Gasteiger partial charge < -0.3 is 9.47 Å². The Morgan fingerprint density at radius 2 is 2.12 bits per heavy atom. The van der Waals surface area contributed by atoms with Gasteiger partial charge in [-0.2, -0.15) is 0 Å². The lowest BCUT2D eigenvalue weighted by atomic mass is 10.1. The number of hydrogen-bond acceptors (Lipinski definition) is 3. The van der Waals surface area contributed by atoms with Crippen molar-refractivity contribution in [1.29, 1.82) is 0 Å². The Balaban J connectivity index is 1.95. The van der Waals surface area contributed by atoms with Crippen molar-refractivity contribution in [2.24, 2.45) is 0 Å². The fourth-order valence-electron chi connectivity index (χ4n) is 1.68. The molecule has 0 unspecified atom stereocenters. The van der Waals surface area contributed by atoms with Crippen LogP contribution in [0.25, 0.3) is 0 Å². The molecule has 0 atom stereocenters. The molecular weight excluding hydrogens is 247 g/mol. The van der Waals surface area contributed by atoms with Crippen molar-refractivity contribution in [2.45, 2.75) is 19.1 Å². The summed E-state index contributed by atoms with van der Waals surface area (Å²) in [5.41, 5.74) is 0.495. The molecule has 2 rings (SSSR count). The molecule has 0 bridgehead atoms. The Kier molecular flexibility index (Phi) is 4.10. The van der Waals surface area contributed by atoms with Crippen LogP contribution in [-0.4, -0.2) is 25.3 Å². The minimum Gasteiger partial charge on any atom is -0.350 e. The fourth-order valence-corrected chi connectivity index (χ4v) is 1.87. The molecule has 92 valence electrons. The van der Waals surface area contributed by atoms with E-state index < -0.39 is 12.1 Å². The number of Topliss-reactive ketones (excluding diaryl/α,β-unsaturated/α-hetero) is 1. The van der Waals surface area contributed by atoms with Crippen molar-refractivity contribution >= 4 is 17.4 Å². The lowest BCUT2D eigenvalue weighted by Crippen LogP contribution is -2.16. The molecule has 0 amide bonds. The van der Waals surface area contributed by atoms with E-state index in [0.717, 1.165) is 0 Å². The molecule has 3 nitrogen and oxygen atoms in total. The minimum atomic E-state index is -0.509. The van der Waals surface area contributed by atoms with E-state index in [9.17, 15) is 9.18 Å². The molecule has 0 N–H and O–H groups in total. The van der Waals surface area contributed by atoms with Gasteiger partial charge in [0.25, 0.3) is 0 Å². The van der Waals surface area contributed by atoms with Gasteiger partial charge in [0.1, 0.15) is 11.6 Å². The number of hydrogen-bond donors (Lipinski definition) is 0. The summed E-state index contributed by atoms with van der Waals surface area (Å²) in [7, 11) is 0. The van der Waals surface area contributed by atoms with Gasteiger partial charge in [-0.3, -0.25) is 4.79 Å². The largest absolute Gasteiger partial charge is 0.350 e. The molecular formula is C12H12ClFO3. The Morgan fingerprint density at radius 3 is 2.82 bits per heavy atom. The highest BCUT2D eigenvalue weighted by molar-refractivity contribution is 6.31. The predicted octanol–water partition coefficient (Wildman–Crippen LogP) is 2.35. The van der Waals surface area contributed by atoms with E-state index in [0.29, 0.717) is 18.8 Å². The molecule has 1 aromatic rings. The third-order valence-electron chi connectivity index (χ3n) is 2.50. The number of benzene rings is 1. The zero-order valence-electron chi connectivity index (χ0n) is 9.12. The fraction of sp³-hybridized carbons (Fsp3) is 0.417. The van der Waals surface area contributed by atoms with E-state index in [1.807, 2.05) is 0 Å². The maximum atomic E-state index is 13.1. The van der Waals surface area contributed by atoms with Crippen molar-refractivity contribution in [3.8, 4) is 0 Å². The van der Waals surface area contributed by atoms with E-state index >= 15 is 0 Å². The second kappa shape index (κ2) is 5.58. The normalized spacial score (nSPS) is 16.4. The van der Waals surface area contributed by atoms with Crippen LogP contribution >= 0.6 is 11.6 Å². The van der Waals surface area contributed by atoms with Crippen LogP contribution in [0.3, 0.4) is 0 Å². The summed E-state index contributed by atoms with van der Waals surface area (Å²) >= 11 is 5.76. The van der Waals surface area contributed by atoms with Gasteiger partial charge in [-0.05, 0) is 11.6 Å². The third kappa shape index (κ3) is 3.25. The van der Waals surface area contributed by atoms with E-state index in [1.54, 1.807) is 6.07 Å². The highest BCUT2D eigenvalue weighted by Gasteiger charge is 2.20. The lowest BCUT2D eigenvalue weighted by molar-refractivity contribution is -0.126. The first kappa shape index (κ1) is 12.5. The van der Waals surface area contributed by atoms with Gasteiger partial charge >= 0.3 is 0 Å². The van der Waals surface area contributed by atoms with Gasteiger partial charge in [0.2, 0.25) is 0 Å². The zero-order chi connectivity index (χ0) is 12.3. The van der Waals surface area contributed by atoms with Crippen LogP contribution in [0.5, 0.6) is 0 Å². The standard InChI is InChI=1S/C12H12ClFO3/c13-12-8(2-1-3-10(12)14)6-9(15)7-11-16-4-5-17-11/h1-3,11H,4-7H2. The quantitative estimate of drug-likeness (QED) is 0.832. The molecule has 0 aromatic heterocycles. The average molecular weight is 259 g/mol. The molecule has 17 heavy (non-hydrogen) atoms. The number of ketones is 1. The van der Waals surface area contributed by atoms with Crippen molar-refractivity contribution in [1.82, 2.24) is 0 Å². The monoisotopic (exact) mass is 258 g/mol. The lowest BCUT2D eigenvalue weighted by Gasteiger charge is -2.08. The summed E-state index contributed by atoms with van der Waals surface area (Å²) in [6, 6.07) is 4.44. The number of carbonyl (C=O) groups is 1. The van der Waals surface area contributed by atoms with Crippen LogP contribution in [-0.2, 0) is 20.7 Å². The maximum absolute atomic E-state index is 13.1. The number of ether oxygens (including phenoxy) is 2. The summed E-state index contributed by atoms with van der Waals surface area (Å²) in [4.78, 5) is 11.7. The first-order chi connectivity index (χ1) is 8.16. The van der Waals surface area contributed by atoms with Crippen molar-refractivity contribution < 1.29 is 18.7 Å². The van der Waals surface area contributed by atoms with Gasteiger partial charge in [-0.25, -0.2) is 4.39 Å². The molecule has 0 spiro atoms. The van der Waals surface area contributed by atoms with Crippen LogP contribution < -0.4 is 0 Å². The van der Waals surface area contributed by atoms with Crippen LogP contribution in [0, 0.1) is 5.82 Å². The Hall–Kier alpha value is -0.970. The first-order valence-corrected chi connectivity index (χ1v) is 5.72. The molecule has 0 radical (unpaired) electrons. The first-order valence-electron chi connectivity index (χ1n) is 5.34. The minimum absolute atomic E-state index is 0.00843. The van der Waals surface area contributed by atoms with E-state index in [2.05, 4.69) is 0 Å². The molecule has 1 aromatic carbocycles. The average Bonchev–Trinajstić information content (AvgIpc) is 2.77. The highest BCUT2D eigenvalue weighted by Crippen LogP contribution is 2.21. The van der Waals surface area contributed by atoms with Gasteiger partial charge in [-0.15, -0.1) is 0 Å². The van der Waals surface area contributed by atoms with Gasteiger partial charge in [0.15, 0.2) is 6.29 Å². The van der Waals surface area contributed by atoms with Gasteiger partial charge in [0.05, 0.1) is 24.7 Å². The summed E-state index contributed by atoms with van der Waals surface area (Å²) in [5.74, 6) is -0.588. The smallest absolute Gasteiger partial charge is 0.164 e. The van der Waals surface area contributed by atoms with Crippen LogP contribution in [0.4, 0.5) is 4.39 Å². The Morgan fingerprint density at radius 1 is 1.41 bits per heavy atom. The Labute approximate surface area is 103 Å². The third-order valence-corrected chi connectivity index (χ3v) is 2.93. The molecule has 1 aliphatic rings. The van der Waals surface area contributed by atoms with Crippen LogP contribution in [0.15, 0.2) is 18.2 Å². The van der Waals surface area contributed by atoms with E-state index in [-0.39, 0.29) is 23.6 Å². The number of carbonyl (C=O) groups excluding carboxylic acids is 1. The van der Waals surface area contributed by atoms with Crippen molar-refractivity contribution in [3.63, 3.8) is 0 Å². The van der Waals surface area contributed by atoms with Crippen molar-refractivity contribution in [3.05, 3.63) is 34.6 Å². The van der Waals surface area contributed by atoms with Crippen LogP contribution in [0.2, 0.25) is 5.02 Å². The topological polar surface area (TPSA) is 35.5 Å². The summed E-state index contributed by atoms with van der Waals surface area (Å²) in [6.45, 7) is 1.03. The van der Waals surface area contributed by atoms with Crippen LogP contribution in [0.1, 0.15) is 12.0 Å². The summed E-state index contributed by atoms with van der Waals surface area (Å²) in [5, 5.41) is 0.00843. The second-order valence-corrected chi connectivity index (χ2v) is 4.18. The molecule has 1 fully saturated rings. The number of halogens is 2.